The van der Waals surface area contributed by atoms with Crippen LogP contribution in [-0.4, -0.2) is 30.3 Å². The number of carbonyl (C=O) groups is 1. The highest BCUT2D eigenvalue weighted by molar-refractivity contribution is 7.15. The molecule has 0 bridgehead atoms. The van der Waals surface area contributed by atoms with Crippen LogP contribution < -0.4 is 14.8 Å². The molecule has 0 aliphatic carbocycles. The lowest BCUT2D eigenvalue weighted by Gasteiger charge is -2.08. The first-order valence-corrected chi connectivity index (χ1v) is 9.48. The molecule has 0 atom stereocenters. The molecule has 1 N–H and O–H groups in total. The number of anilines is 1. The molecular formula is C21H21N3O3S. The van der Waals surface area contributed by atoms with Gasteiger partial charge in [-0.05, 0) is 36.3 Å². The predicted molar refractivity (Wildman–Crippen MR) is 111 cm³/mol. The minimum atomic E-state index is -0.197. The second kappa shape index (κ2) is 9.14. The molecule has 2 aromatic carbocycles. The SMILES string of the molecule is COc1ccc(Cc2nnc(NC(=O)/C(C)=C/c3ccccc3)s2)cc1OC. The van der Waals surface area contributed by atoms with Gasteiger partial charge >= 0.3 is 0 Å². The molecule has 0 unspecified atom stereocenters. The maximum absolute atomic E-state index is 12.4. The molecule has 144 valence electrons. The molecule has 0 saturated heterocycles. The second-order valence-corrected chi connectivity index (χ2v) is 7.12. The fourth-order valence-electron chi connectivity index (χ4n) is 2.60. The second-order valence-electron chi connectivity index (χ2n) is 6.06. The summed E-state index contributed by atoms with van der Waals surface area (Å²) in [4.78, 5) is 12.4. The highest BCUT2D eigenvalue weighted by Gasteiger charge is 2.11. The van der Waals surface area contributed by atoms with Gasteiger partial charge in [-0.1, -0.05) is 47.7 Å². The highest BCUT2D eigenvalue weighted by Crippen LogP contribution is 2.29. The summed E-state index contributed by atoms with van der Waals surface area (Å²) < 4.78 is 10.6. The van der Waals surface area contributed by atoms with Gasteiger partial charge < -0.3 is 9.47 Å². The number of hydrogen-bond donors (Lipinski definition) is 1. The molecule has 28 heavy (non-hydrogen) atoms. The van der Waals surface area contributed by atoms with Crippen LogP contribution in [0.15, 0.2) is 54.1 Å². The molecule has 3 aromatic rings. The smallest absolute Gasteiger partial charge is 0.253 e. The van der Waals surface area contributed by atoms with Gasteiger partial charge in [0.15, 0.2) is 11.5 Å². The van der Waals surface area contributed by atoms with E-state index in [0.29, 0.717) is 28.6 Å². The average Bonchev–Trinajstić information content (AvgIpc) is 3.15. The topological polar surface area (TPSA) is 73.3 Å². The van der Waals surface area contributed by atoms with Crippen LogP contribution in [0.25, 0.3) is 6.08 Å². The van der Waals surface area contributed by atoms with Crippen molar-refractivity contribution in [1.82, 2.24) is 10.2 Å². The molecule has 3 rings (SSSR count). The molecule has 0 spiro atoms. The molecule has 0 aliphatic rings. The van der Waals surface area contributed by atoms with E-state index in [2.05, 4.69) is 15.5 Å². The first-order chi connectivity index (χ1) is 13.6. The lowest BCUT2D eigenvalue weighted by molar-refractivity contribution is -0.112. The normalized spacial score (nSPS) is 11.2. The minimum absolute atomic E-state index is 0.197. The van der Waals surface area contributed by atoms with Crippen LogP contribution in [0, 0.1) is 0 Å². The Morgan fingerprint density at radius 1 is 1.07 bits per heavy atom. The number of benzene rings is 2. The molecule has 0 fully saturated rings. The Hall–Kier alpha value is -3.19. The van der Waals surface area contributed by atoms with Crippen molar-refractivity contribution in [3.05, 3.63) is 70.2 Å². The lowest BCUT2D eigenvalue weighted by atomic mass is 10.1. The zero-order chi connectivity index (χ0) is 19.9. The number of nitrogens with zero attached hydrogens (tertiary/aromatic N) is 2. The van der Waals surface area contributed by atoms with E-state index in [4.69, 9.17) is 9.47 Å². The number of hydrogen-bond acceptors (Lipinski definition) is 6. The third kappa shape index (κ3) is 4.95. The number of nitrogens with one attached hydrogen (secondary N) is 1. The quantitative estimate of drug-likeness (QED) is 0.607. The molecule has 0 saturated carbocycles. The van der Waals surface area contributed by atoms with Gasteiger partial charge in [0.25, 0.3) is 5.91 Å². The molecule has 7 heteroatoms. The standard InChI is InChI=1S/C21H21N3O3S/c1-14(11-15-7-5-4-6-8-15)20(25)22-21-24-23-19(28-21)13-16-9-10-17(26-2)18(12-16)27-3/h4-12H,13H2,1-3H3,(H,22,24,25)/b14-11+. The van der Waals surface area contributed by atoms with Crippen LogP contribution in [0.5, 0.6) is 11.5 Å². The summed E-state index contributed by atoms with van der Waals surface area (Å²) >= 11 is 1.35. The van der Waals surface area contributed by atoms with Crippen molar-refractivity contribution in [3.63, 3.8) is 0 Å². The Morgan fingerprint density at radius 2 is 1.82 bits per heavy atom. The van der Waals surface area contributed by atoms with E-state index in [1.54, 1.807) is 21.1 Å². The average molecular weight is 395 g/mol. The third-order valence-corrected chi connectivity index (χ3v) is 4.87. The minimum Gasteiger partial charge on any atom is -0.493 e. The highest BCUT2D eigenvalue weighted by atomic mass is 32.1. The Morgan fingerprint density at radius 3 is 2.54 bits per heavy atom. The first-order valence-electron chi connectivity index (χ1n) is 8.67. The molecule has 0 aliphatic heterocycles. The summed E-state index contributed by atoms with van der Waals surface area (Å²) in [7, 11) is 3.21. The van der Waals surface area contributed by atoms with Gasteiger partial charge in [-0.2, -0.15) is 0 Å². The van der Waals surface area contributed by atoms with Crippen molar-refractivity contribution in [2.24, 2.45) is 0 Å². The molecular weight excluding hydrogens is 374 g/mol. The van der Waals surface area contributed by atoms with Crippen molar-refractivity contribution in [1.29, 1.82) is 0 Å². The number of rotatable bonds is 7. The maximum atomic E-state index is 12.4. The van der Waals surface area contributed by atoms with E-state index in [1.807, 2.05) is 54.6 Å². The van der Waals surface area contributed by atoms with Crippen molar-refractivity contribution in [3.8, 4) is 11.5 Å². The monoisotopic (exact) mass is 395 g/mol. The zero-order valence-electron chi connectivity index (χ0n) is 15.9. The van der Waals surface area contributed by atoms with E-state index in [1.165, 1.54) is 11.3 Å². The summed E-state index contributed by atoms with van der Waals surface area (Å²) in [5, 5.41) is 12.3. The largest absolute Gasteiger partial charge is 0.493 e. The van der Waals surface area contributed by atoms with E-state index in [-0.39, 0.29) is 5.91 Å². The van der Waals surface area contributed by atoms with Gasteiger partial charge in [0.1, 0.15) is 5.01 Å². The fourth-order valence-corrected chi connectivity index (χ4v) is 3.37. The van der Waals surface area contributed by atoms with Crippen LogP contribution in [0.2, 0.25) is 0 Å². The van der Waals surface area contributed by atoms with Crippen LogP contribution >= 0.6 is 11.3 Å². The Balaban J connectivity index is 1.65. The molecule has 1 aromatic heterocycles. The number of ether oxygens (including phenoxy) is 2. The van der Waals surface area contributed by atoms with Crippen molar-refractivity contribution in [2.45, 2.75) is 13.3 Å². The van der Waals surface area contributed by atoms with Gasteiger partial charge in [-0.25, -0.2) is 0 Å². The lowest BCUT2D eigenvalue weighted by Crippen LogP contribution is -2.12. The Bertz CT molecular complexity index is 984. The molecule has 0 radical (unpaired) electrons. The summed E-state index contributed by atoms with van der Waals surface area (Å²) in [6.45, 7) is 1.77. The van der Waals surface area contributed by atoms with Gasteiger partial charge in [-0.3, -0.25) is 10.1 Å². The van der Waals surface area contributed by atoms with Gasteiger partial charge in [0, 0.05) is 12.0 Å². The molecule has 1 amide bonds. The summed E-state index contributed by atoms with van der Waals surface area (Å²) in [5.74, 6) is 1.15. The maximum Gasteiger partial charge on any atom is 0.253 e. The number of carbonyl (C=O) groups excluding carboxylic acids is 1. The van der Waals surface area contributed by atoms with E-state index in [9.17, 15) is 4.79 Å². The van der Waals surface area contributed by atoms with Gasteiger partial charge in [0.2, 0.25) is 5.13 Å². The van der Waals surface area contributed by atoms with Crippen molar-refractivity contribution in [2.75, 3.05) is 19.5 Å². The zero-order valence-corrected chi connectivity index (χ0v) is 16.7. The van der Waals surface area contributed by atoms with E-state index < -0.39 is 0 Å². The first kappa shape index (κ1) is 19.6. The third-order valence-electron chi connectivity index (χ3n) is 4.03. The van der Waals surface area contributed by atoms with E-state index >= 15 is 0 Å². The number of amides is 1. The van der Waals surface area contributed by atoms with Gasteiger partial charge in [-0.15, -0.1) is 10.2 Å². The fraction of sp³-hybridized carbons (Fsp3) is 0.190. The predicted octanol–water partition coefficient (Wildman–Crippen LogP) is 4.19. The van der Waals surface area contributed by atoms with Crippen LogP contribution in [-0.2, 0) is 11.2 Å². The van der Waals surface area contributed by atoms with Crippen LogP contribution in [0.1, 0.15) is 23.1 Å². The summed E-state index contributed by atoms with van der Waals surface area (Å²) in [6, 6.07) is 15.4. The van der Waals surface area contributed by atoms with E-state index in [0.717, 1.165) is 16.1 Å². The molecule has 1 heterocycles. The Kier molecular flexibility index (Phi) is 6.39. The van der Waals surface area contributed by atoms with Crippen molar-refractivity contribution < 1.29 is 14.3 Å². The van der Waals surface area contributed by atoms with Crippen LogP contribution in [0.4, 0.5) is 5.13 Å². The summed E-state index contributed by atoms with van der Waals surface area (Å²) in [5.41, 5.74) is 2.59. The molecule has 6 nitrogen and oxygen atoms in total. The van der Waals surface area contributed by atoms with Crippen LogP contribution in [0.3, 0.4) is 0 Å². The Labute approximate surface area is 167 Å². The van der Waals surface area contributed by atoms with Gasteiger partial charge in [0.05, 0.1) is 14.2 Å². The summed E-state index contributed by atoms with van der Waals surface area (Å²) in [6.07, 6.45) is 2.42. The number of aromatic nitrogens is 2. The van der Waals surface area contributed by atoms with Crippen molar-refractivity contribution >= 4 is 28.5 Å². The number of methoxy groups -OCH3 is 2.